The van der Waals surface area contributed by atoms with E-state index in [0.717, 1.165) is 18.3 Å². The standard InChI is InChI=1S/C16H28N2O3/c1-12-4-3-5-13(10-12)6-8-17-15(21)18-9-7-16(2,11-18)14(19)20/h12-13H,3-11H2,1-2H3,(H,17,21)(H,19,20). The lowest BCUT2D eigenvalue weighted by molar-refractivity contribution is -0.146. The average molecular weight is 296 g/mol. The zero-order chi connectivity index (χ0) is 15.5. The molecule has 3 atom stereocenters. The Morgan fingerprint density at radius 3 is 2.76 bits per heavy atom. The molecule has 5 nitrogen and oxygen atoms in total. The quantitative estimate of drug-likeness (QED) is 0.838. The molecule has 0 aromatic heterocycles. The van der Waals surface area contributed by atoms with Gasteiger partial charge < -0.3 is 15.3 Å². The first-order chi connectivity index (χ1) is 9.90. The normalized spacial score (nSPS) is 33.0. The fourth-order valence-corrected chi connectivity index (χ4v) is 3.63. The van der Waals surface area contributed by atoms with Crippen LogP contribution in [0.4, 0.5) is 4.79 Å². The molecule has 2 N–H and O–H groups in total. The van der Waals surface area contributed by atoms with E-state index in [1.807, 2.05) is 0 Å². The number of nitrogens with zero attached hydrogens (tertiary/aromatic N) is 1. The van der Waals surface area contributed by atoms with Gasteiger partial charge >= 0.3 is 12.0 Å². The highest BCUT2D eigenvalue weighted by Gasteiger charge is 2.42. The number of urea groups is 1. The van der Waals surface area contributed by atoms with E-state index in [-0.39, 0.29) is 6.03 Å². The number of carboxylic acid groups (broad SMARTS) is 1. The maximum Gasteiger partial charge on any atom is 0.317 e. The molecule has 3 unspecified atom stereocenters. The lowest BCUT2D eigenvalue weighted by Crippen LogP contribution is -2.41. The van der Waals surface area contributed by atoms with Gasteiger partial charge in [0.05, 0.1) is 5.41 Å². The third-order valence-electron chi connectivity index (χ3n) is 5.15. The van der Waals surface area contributed by atoms with E-state index in [1.165, 1.54) is 25.7 Å². The van der Waals surface area contributed by atoms with Crippen LogP contribution in [-0.4, -0.2) is 41.6 Å². The van der Waals surface area contributed by atoms with E-state index in [2.05, 4.69) is 12.2 Å². The number of nitrogens with one attached hydrogen (secondary N) is 1. The van der Waals surface area contributed by atoms with Gasteiger partial charge in [0.1, 0.15) is 0 Å². The highest BCUT2D eigenvalue weighted by atomic mass is 16.4. The first kappa shape index (κ1) is 16.1. The molecule has 1 aliphatic carbocycles. The second-order valence-electron chi connectivity index (χ2n) is 7.20. The summed E-state index contributed by atoms with van der Waals surface area (Å²) in [7, 11) is 0. The second kappa shape index (κ2) is 6.67. The van der Waals surface area contributed by atoms with Gasteiger partial charge in [0.15, 0.2) is 0 Å². The van der Waals surface area contributed by atoms with Crippen LogP contribution in [0.3, 0.4) is 0 Å². The molecule has 2 amide bonds. The Hall–Kier alpha value is -1.26. The fraction of sp³-hybridized carbons (Fsp3) is 0.875. The molecule has 0 aromatic rings. The van der Waals surface area contributed by atoms with E-state index in [0.29, 0.717) is 26.1 Å². The lowest BCUT2D eigenvalue weighted by atomic mass is 9.81. The van der Waals surface area contributed by atoms with E-state index < -0.39 is 11.4 Å². The third-order valence-corrected chi connectivity index (χ3v) is 5.15. The summed E-state index contributed by atoms with van der Waals surface area (Å²) in [6.07, 6.45) is 6.78. The summed E-state index contributed by atoms with van der Waals surface area (Å²) in [5, 5.41) is 12.1. The highest BCUT2D eigenvalue weighted by molar-refractivity contribution is 5.79. The zero-order valence-corrected chi connectivity index (χ0v) is 13.2. The average Bonchev–Trinajstić information content (AvgIpc) is 2.83. The topological polar surface area (TPSA) is 69.6 Å². The molecule has 0 aromatic carbocycles. The van der Waals surface area contributed by atoms with Crippen LogP contribution in [0.5, 0.6) is 0 Å². The van der Waals surface area contributed by atoms with Crippen LogP contribution in [0, 0.1) is 17.3 Å². The van der Waals surface area contributed by atoms with Crippen LogP contribution < -0.4 is 5.32 Å². The minimum absolute atomic E-state index is 0.108. The van der Waals surface area contributed by atoms with Crippen molar-refractivity contribution in [3.8, 4) is 0 Å². The highest BCUT2D eigenvalue weighted by Crippen LogP contribution is 2.31. The Labute approximate surface area is 127 Å². The SMILES string of the molecule is CC1CCCC(CCNC(=O)N2CCC(C)(C(=O)O)C2)C1. The van der Waals surface area contributed by atoms with Crippen LogP contribution in [0.15, 0.2) is 0 Å². The van der Waals surface area contributed by atoms with Crippen molar-refractivity contribution in [2.24, 2.45) is 17.3 Å². The molecule has 0 radical (unpaired) electrons. The van der Waals surface area contributed by atoms with Crippen molar-refractivity contribution in [2.45, 2.75) is 52.4 Å². The first-order valence-electron chi connectivity index (χ1n) is 8.17. The van der Waals surface area contributed by atoms with Gasteiger partial charge in [-0.1, -0.05) is 26.2 Å². The largest absolute Gasteiger partial charge is 0.481 e. The summed E-state index contributed by atoms with van der Waals surface area (Å²) in [4.78, 5) is 24.9. The Morgan fingerprint density at radius 1 is 1.38 bits per heavy atom. The van der Waals surface area contributed by atoms with Gasteiger partial charge in [0.25, 0.3) is 0 Å². The van der Waals surface area contributed by atoms with Crippen molar-refractivity contribution < 1.29 is 14.7 Å². The lowest BCUT2D eigenvalue weighted by Gasteiger charge is -2.27. The summed E-state index contributed by atoms with van der Waals surface area (Å²) in [5.41, 5.74) is -0.782. The van der Waals surface area contributed by atoms with Crippen molar-refractivity contribution in [3.05, 3.63) is 0 Å². The Kier molecular flexibility index (Phi) is 5.12. The zero-order valence-electron chi connectivity index (χ0n) is 13.2. The molecule has 2 aliphatic rings. The number of hydrogen-bond donors (Lipinski definition) is 2. The Morgan fingerprint density at radius 2 is 2.14 bits per heavy atom. The Bertz CT molecular complexity index is 399. The van der Waals surface area contributed by atoms with Gasteiger partial charge in [-0.05, 0) is 38.0 Å². The van der Waals surface area contributed by atoms with Crippen LogP contribution in [0.1, 0.15) is 52.4 Å². The number of likely N-dealkylation sites (tertiary alicyclic amines) is 1. The second-order valence-corrected chi connectivity index (χ2v) is 7.20. The molecule has 120 valence electrons. The molecule has 1 saturated carbocycles. The number of aliphatic carboxylic acids is 1. The molecular weight excluding hydrogens is 268 g/mol. The third kappa shape index (κ3) is 4.11. The van der Waals surface area contributed by atoms with Crippen LogP contribution in [-0.2, 0) is 4.79 Å². The van der Waals surface area contributed by atoms with E-state index in [9.17, 15) is 14.7 Å². The van der Waals surface area contributed by atoms with Crippen LogP contribution in [0.25, 0.3) is 0 Å². The number of rotatable bonds is 4. The molecule has 0 bridgehead atoms. The summed E-state index contributed by atoms with van der Waals surface area (Å²) in [6.45, 7) is 5.58. The summed E-state index contributed by atoms with van der Waals surface area (Å²) in [6, 6.07) is -0.108. The van der Waals surface area contributed by atoms with Crippen LogP contribution in [0.2, 0.25) is 0 Å². The maximum absolute atomic E-state index is 12.1. The fourth-order valence-electron chi connectivity index (χ4n) is 3.63. The van der Waals surface area contributed by atoms with Gasteiger partial charge in [-0.3, -0.25) is 4.79 Å². The molecule has 0 spiro atoms. The number of amides is 2. The summed E-state index contributed by atoms with van der Waals surface area (Å²) >= 11 is 0. The molecule has 2 fully saturated rings. The smallest absolute Gasteiger partial charge is 0.317 e. The summed E-state index contributed by atoms with van der Waals surface area (Å²) in [5.74, 6) is 0.736. The van der Waals surface area contributed by atoms with Crippen molar-refractivity contribution in [3.63, 3.8) is 0 Å². The van der Waals surface area contributed by atoms with Gasteiger partial charge in [0, 0.05) is 19.6 Å². The number of hydrogen-bond acceptors (Lipinski definition) is 2. The van der Waals surface area contributed by atoms with Crippen molar-refractivity contribution >= 4 is 12.0 Å². The minimum Gasteiger partial charge on any atom is -0.481 e. The van der Waals surface area contributed by atoms with Crippen molar-refractivity contribution in [1.29, 1.82) is 0 Å². The Balaban J connectivity index is 1.69. The van der Waals surface area contributed by atoms with Crippen LogP contribution >= 0.6 is 0 Å². The predicted octanol–water partition coefficient (Wildman–Crippen LogP) is 2.71. The number of carbonyl (C=O) groups is 2. The summed E-state index contributed by atoms with van der Waals surface area (Å²) < 4.78 is 0. The molecule has 5 heteroatoms. The first-order valence-corrected chi connectivity index (χ1v) is 8.17. The number of carbonyl (C=O) groups excluding carboxylic acids is 1. The van der Waals surface area contributed by atoms with Gasteiger partial charge in [-0.25, -0.2) is 4.79 Å². The minimum atomic E-state index is -0.811. The molecular formula is C16H28N2O3. The van der Waals surface area contributed by atoms with Crippen molar-refractivity contribution in [2.75, 3.05) is 19.6 Å². The van der Waals surface area contributed by atoms with Crippen molar-refractivity contribution in [1.82, 2.24) is 10.2 Å². The predicted molar refractivity (Wildman–Crippen MR) is 81.1 cm³/mol. The molecule has 21 heavy (non-hydrogen) atoms. The van der Waals surface area contributed by atoms with E-state index >= 15 is 0 Å². The molecule has 1 heterocycles. The maximum atomic E-state index is 12.1. The van der Waals surface area contributed by atoms with Gasteiger partial charge in [-0.15, -0.1) is 0 Å². The molecule has 1 saturated heterocycles. The van der Waals surface area contributed by atoms with Gasteiger partial charge in [-0.2, -0.15) is 0 Å². The number of carboxylic acids is 1. The monoisotopic (exact) mass is 296 g/mol. The van der Waals surface area contributed by atoms with Gasteiger partial charge in [0.2, 0.25) is 0 Å². The molecule has 1 aliphatic heterocycles. The van der Waals surface area contributed by atoms with E-state index in [1.54, 1.807) is 11.8 Å². The molecule has 2 rings (SSSR count). The van der Waals surface area contributed by atoms with E-state index in [4.69, 9.17) is 0 Å².